The first-order chi connectivity index (χ1) is 5.29. The van der Waals surface area contributed by atoms with Crippen LogP contribution in [0.4, 0.5) is 0 Å². The minimum Gasteiger partial charge on any atom is -0.388 e. The first-order valence-electron chi connectivity index (χ1n) is 4.73. The average Bonchev–Trinajstić information content (AvgIpc) is 2.45. The Labute approximate surface area is 68.9 Å². The Bertz CT molecular complexity index is 193. The lowest BCUT2D eigenvalue weighted by molar-refractivity contribution is 0.445. The van der Waals surface area contributed by atoms with Crippen molar-refractivity contribution in [1.82, 2.24) is 5.32 Å². The molecular weight excluding hydrogens is 134 g/mol. The molecule has 1 nitrogen and oxygen atoms in total. The molecule has 62 valence electrons. The van der Waals surface area contributed by atoms with Gasteiger partial charge in [0.25, 0.3) is 0 Å². The Hall–Kier alpha value is -0.460. The van der Waals surface area contributed by atoms with Gasteiger partial charge in [-0.25, -0.2) is 0 Å². The molecule has 0 radical (unpaired) electrons. The zero-order chi connectivity index (χ0) is 7.84. The van der Waals surface area contributed by atoms with E-state index in [-0.39, 0.29) is 0 Å². The molecule has 1 saturated heterocycles. The fourth-order valence-electron chi connectivity index (χ4n) is 2.35. The van der Waals surface area contributed by atoms with Crippen LogP contribution in [0.2, 0.25) is 0 Å². The van der Waals surface area contributed by atoms with E-state index in [1.165, 1.54) is 25.8 Å². The largest absolute Gasteiger partial charge is 0.388 e. The molecule has 1 aliphatic carbocycles. The molecule has 1 fully saturated rings. The highest BCUT2D eigenvalue weighted by Crippen LogP contribution is 2.36. The van der Waals surface area contributed by atoms with Crippen LogP contribution in [-0.4, -0.2) is 6.54 Å². The van der Waals surface area contributed by atoms with Crippen molar-refractivity contribution >= 4 is 0 Å². The minimum absolute atomic E-state index is 0.826. The molecule has 1 aliphatic heterocycles. The molecule has 0 bridgehead atoms. The number of allylic oxidation sites excluding steroid dienone is 2. The van der Waals surface area contributed by atoms with E-state index < -0.39 is 0 Å². The summed E-state index contributed by atoms with van der Waals surface area (Å²) in [6.45, 7) is 5.85. The molecule has 0 spiro atoms. The number of hydrogen-bond donors (Lipinski definition) is 1. The number of fused-ring (bicyclic) bond motifs is 1. The van der Waals surface area contributed by atoms with Crippen LogP contribution < -0.4 is 5.32 Å². The van der Waals surface area contributed by atoms with Gasteiger partial charge in [-0.15, -0.1) is 0 Å². The van der Waals surface area contributed by atoms with Gasteiger partial charge in [0.15, 0.2) is 0 Å². The van der Waals surface area contributed by atoms with E-state index in [1.54, 1.807) is 11.3 Å². The van der Waals surface area contributed by atoms with Gasteiger partial charge in [-0.05, 0) is 32.1 Å². The lowest BCUT2D eigenvalue weighted by atomic mass is 9.82. The molecular formula is C10H17N. The summed E-state index contributed by atoms with van der Waals surface area (Å²) in [5, 5.41) is 3.52. The van der Waals surface area contributed by atoms with Crippen LogP contribution in [0.5, 0.6) is 0 Å². The molecule has 1 N–H and O–H groups in total. The molecule has 1 heterocycles. The first-order valence-corrected chi connectivity index (χ1v) is 4.73. The third kappa shape index (κ3) is 1.07. The molecule has 11 heavy (non-hydrogen) atoms. The van der Waals surface area contributed by atoms with E-state index in [1.807, 2.05) is 0 Å². The summed E-state index contributed by atoms with van der Waals surface area (Å²) in [6.07, 6.45) is 4.20. The smallest absolute Gasteiger partial charge is 0.0150 e. The fourth-order valence-corrected chi connectivity index (χ4v) is 2.35. The summed E-state index contributed by atoms with van der Waals surface area (Å²) in [6, 6.07) is 0. The molecule has 1 heteroatoms. The highest BCUT2D eigenvalue weighted by molar-refractivity contribution is 5.21. The van der Waals surface area contributed by atoms with Crippen LogP contribution in [-0.2, 0) is 0 Å². The van der Waals surface area contributed by atoms with E-state index in [0.29, 0.717) is 0 Å². The third-order valence-corrected chi connectivity index (χ3v) is 3.33. The lowest BCUT2D eigenvalue weighted by Gasteiger charge is -2.25. The Kier molecular flexibility index (Phi) is 1.67. The quantitative estimate of drug-likeness (QED) is 0.560. The van der Waals surface area contributed by atoms with Crippen LogP contribution >= 0.6 is 0 Å². The van der Waals surface area contributed by atoms with Gasteiger partial charge >= 0.3 is 0 Å². The lowest BCUT2D eigenvalue weighted by Crippen LogP contribution is -2.18. The molecule has 2 aliphatic rings. The zero-order valence-corrected chi connectivity index (χ0v) is 7.48. The van der Waals surface area contributed by atoms with Crippen LogP contribution in [0.1, 0.15) is 33.1 Å². The second-order valence-corrected chi connectivity index (χ2v) is 3.99. The molecule has 0 amide bonds. The van der Waals surface area contributed by atoms with E-state index >= 15 is 0 Å². The SMILES string of the molecule is CC1=C2NCCC2CCC1C. The second-order valence-electron chi connectivity index (χ2n) is 3.99. The van der Waals surface area contributed by atoms with Crippen molar-refractivity contribution in [2.45, 2.75) is 33.1 Å². The monoisotopic (exact) mass is 151 g/mol. The highest BCUT2D eigenvalue weighted by atomic mass is 14.9. The predicted molar refractivity (Wildman–Crippen MR) is 47.2 cm³/mol. The maximum absolute atomic E-state index is 3.52. The van der Waals surface area contributed by atoms with Gasteiger partial charge in [-0.1, -0.05) is 12.5 Å². The van der Waals surface area contributed by atoms with Gasteiger partial charge < -0.3 is 5.32 Å². The number of nitrogens with one attached hydrogen (secondary N) is 1. The minimum atomic E-state index is 0.826. The van der Waals surface area contributed by atoms with E-state index in [2.05, 4.69) is 19.2 Å². The number of hydrogen-bond acceptors (Lipinski definition) is 1. The van der Waals surface area contributed by atoms with Gasteiger partial charge in [0.1, 0.15) is 0 Å². The second kappa shape index (κ2) is 2.54. The van der Waals surface area contributed by atoms with Crippen molar-refractivity contribution in [3.05, 3.63) is 11.3 Å². The van der Waals surface area contributed by atoms with Crippen molar-refractivity contribution in [1.29, 1.82) is 0 Å². The van der Waals surface area contributed by atoms with Gasteiger partial charge in [0.2, 0.25) is 0 Å². The van der Waals surface area contributed by atoms with Crippen molar-refractivity contribution in [3.63, 3.8) is 0 Å². The van der Waals surface area contributed by atoms with Crippen LogP contribution in [0.15, 0.2) is 11.3 Å². The predicted octanol–water partition coefficient (Wildman–Crippen LogP) is 2.30. The van der Waals surface area contributed by atoms with Crippen molar-refractivity contribution < 1.29 is 0 Å². The summed E-state index contributed by atoms with van der Waals surface area (Å²) in [5.74, 6) is 1.72. The van der Waals surface area contributed by atoms with Crippen LogP contribution in [0, 0.1) is 11.8 Å². The highest BCUT2D eigenvalue weighted by Gasteiger charge is 2.28. The van der Waals surface area contributed by atoms with Gasteiger partial charge in [-0.2, -0.15) is 0 Å². The third-order valence-electron chi connectivity index (χ3n) is 3.33. The summed E-state index contributed by atoms with van der Waals surface area (Å²) >= 11 is 0. The summed E-state index contributed by atoms with van der Waals surface area (Å²) in [5.41, 5.74) is 3.21. The molecule has 0 aromatic rings. The Morgan fingerprint density at radius 3 is 2.91 bits per heavy atom. The Balaban J connectivity index is 2.28. The topological polar surface area (TPSA) is 12.0 Å². The average molecular weight is 151 g/mol. The summed E-state index contributed by atoms with van der Waals surface area (Å²) < 4.78 is 0. The van der Waals surface area contributed by atoms with Crippen LogP contribution in [0.25, 0.3) is 0 Å². The molecule has 0 saturated carbocycles. The van der Waals surface area contributed by atoms with E-state index in [0.717, 1.165) is 11.8 Å². The molecule has 0 aromatic carbocycles. The molecule has 2 atom stereocenters. The van der Waals surface area contributed by atoms with Gasteiger partial charge in [0.05, 0.1) is 0 Å². The zero-order valence-electron chi connectivity index (χ0n) is 7.48. The van der Waals surface area contributed by atoms with E-state index in [9.17, 15) is 0 Å². The maximum atomic E-state index is 3.52. The first kappa shape index (κ1) is 7.20. The van der Waals surface area contributed by atoms with Gasteiger partial charge in [-0.3, -0.25) is 0 Å². The van der Waals surface area contributed by atoms with Crippen LogP contribution in [0.3, 0.4) is 0 Å². The summed E-state index contributed by atoms with van der Waals surface area (Å²) in [4.78, 5) is 0. The van der Waals surface area contributed by atoms with Crippen molar-refractivity contribution in [3.8, 4) is 0 Å². The fraction of sp³-hybridized carbons (Fsp3) is 0.800. The normalized spacial score (nSPS) is 36.9. The Morgan fingerprint density at radius 1 is 1.27 bits per heavy atom. The number of rotatable bonds is 0. The maximum Gasteiger partial charge on any atom is 0.0150 e. The molecule has 0 aromatic heterocycles. The van der Waals surface area contributed by atoms with Gasteiger partial charge in [0, 0.05) is 18.2 Å². The summed E-state index contributed by atoms with van der Waals surface area (Å²) in [7, 11) is 0. The van der Waals surface area contributed by atoms with E-state index in [4.69, 9.17) is 0 Å². The van der Waals surface area contributed by atoms with Crippen molar-refractivity contribution in [2.75, 3.05) is 6.54 Å². The molecule has 2 rings (SSSR count). The van der Waals surface area contributed by atoms with Crippen molar-refractivity contribution in [2.24, 2.45) is 11.8 Å². The standard InChI is InChI=1S/C10H17N/c1-7-3-4-9-5-6-11-10(9)8(7)2/h7,9,11H,3-6H2,1-2H3. The molecule has 2 unspecified atom stereocenters. The Morgan fingerprint density at radius 2 is 2.09 bits per heavy atom.